The minimum Gasteiger partial charge on any atom is -0.497 e. The van der Waals surface area contributed by atoms with Crippen LogP contribution in [0.25, 0.3) is 0 Å². The van der Waals surface area contributed by atoms with Crippen molar-refractivity contribution in [2.75, 3.05) is 32.1 Å². The number of amides is 2. The van der Waals surface area contributed by atoms with E-state index < -0.39 is 28.5 Å². The second kappa shape index (κ2) is 12.3. The molecule has 0 aliphatic rings. The van der Waals surface area contributed by atoms with Crippen LogP contribution in [0.4, 0.5) is 5.69 Å². The molecule has 0 bridgehead atoms. The third-order valence-corrected chi connectivity index (χ3v) is 7.68. The molecule has 0 aromatic heterocycles. The summed E-state index contributed by atoms with van der Waals surface area (Å²) in [6.07, 6.45) is 0. The van der Waals surface area contributed by atoms with E-state index in [4.69, 9.17) is 9.47 Å². The lowest BCUT2D eigenvalue weighted by Gasteiger charge is -2.31. The first kappa shape index (κ1) is 27.5. The molecule has 1 unspecified atom stereocenters. The number of carbonyl (C=O) groups excluding carboxylic acids is 2. The van der Waals surface area contributed by atoms with E-state index in [1.165, 1.54) is 31.2 Å². The van der Waals surface area contributed by atoms with Crippen LogP contribution in [-0.4, -0.2) is 59.0 Å². The van der Waals surface area contributed by atoms with Gasteiger partial charge in [-0.3, -0.25) is 13.9 Å². The summed E-state index contributed by atoms with van der Waals surface area (Å²) in [5.41, 5.74) is 1.04. The second-order valence-corrected chi connectivity index (χ2v) is 10.0. The highest BCUT2D eigenvalue weighted by Gasteiger charge is 2.32. The third-order valence-electron chi connectivity index (χ3n) is 5.90. The van der Waals surface area contributed by atoms with Crippen molar-refractivity contribution in [2.24, 2.45) is 0 Å². The number of hydrogen-bond donors (Lipinski definition) is 1. The van der Waals surface area contributed by atoms with Gasteiger partial charge in [0.05, 0.1) is 24.8 Å². The molecular weight excluding hydrogens is 494 g/mol. The Balaban J connectivity index is 2.00. The van der Waals surface area contributed by atoms with Gasteiger partial charge in [-0.15, -0.1) is 0 Å². The van der Waals surface area contributed by atoms with Crippen LogP contribution < -0.4 is 19.1 Å². The lowest BCUT2D eigenvalue weighted by Crippen LogP contribution is -2.50. The molecule has 0 spiro atoms. The van der Waals surface area contributed by atoms with Crippen molar-refractivity contribution >= 4 is 27.5 Å². The largest absolute Gasteiger partial charge is 0.497 e. The summed E-state index contributed by atoms with van der Waals surface area (Å²) in [5, 5.41) is 2.56. The summed E-state index contributed by atoms with van der Waals surface area (Å²) in [6, 6.07) is 20.5. The Kier molecular flexibility index (Phi) is 9.13. The molecule has 2 amide bonds. The van der Waals surface area contributed by atoms with Crippen molar-refractivity contribution in [3.8, 4) is 11.5 Å². The van der Waals surface area contributed by atoms with E-state index in [9.17, 15) is 18.0 Å². The highest BCUT2D eigenvalue weighted by atomic mass is 32.2. The summed E-state index contributed by atoms with van der Waals surface area (Å²) < 4.78 is 38.8. The first-order chi connectivity index (χ1) is 17.7. The summed E-state index contributed by atoms with van der Waals surface area (Å²) in [4.78, 5) is 27.6. The highest BCUT2D eigenvalue weighted by molar-refractivity contribution is 7.92. The maximum Gasteiger partial charge on any atom is 0.264 e. The molecule has 196 valence electrons. The number of ether oxygens (including phenoxy) is 2. The van der Waals surface area contributed by atoms with E-state index in [0.29, 0.717) is 11.5 Å². The topological polar surface area (TPSA) is 105 Å². The van der Waals surface area contributed by atoms with Gasteiger partial charge >= 0.3 is 0 Å². The number of anilines is 1. The molecule has 0 aliphatic heterocycles. The van der Waals surface area contributed by atoms with Gasteiger partial charge in [0.2, 0.25) is 11.8 Å². The monoisotopic (exact) mass is 525 g/mol. The van der Waals surface area contributed by atoms with E-state index in [0.717, 1.165) is 9.87 Å². The van der Waals surface area contributed by atoms with Gasteiger partial charge in [0.25, 0.3) is 10.0 Å². The Morgan fingerprint density at radius 3 is 1.92 bits per heavy atom. The van der Waals surface area contributed by atoms with Gasteiger partial charge in [-0.25, -0.2) is 8.42 Å². The van der Waals surface area contributed by atoms with Crippen molar-refractivity contribution in [1.82, 2.24) is 10.2 Å². The SMILES string of the molecule is CNC(=O)C(C)N(Cc1ccc(OC)cc1)C(=O)CN(c1ccc(OC)cc1)S(=O)(=O)c1ccccc1. The molecule has 0 aliphatic carbocycles. The molecule has 3 aromatic rings. The predicted octanol–water partition coefficient (Wildman–Crippen LogP) is 3.06. The zero-order valence-electron chi connectivity index (χ0n) is 21.2. The zero-order chi connectivity index (χ0) is 27.0. The molecule has 37 heavy (non-hydrogen) atoms. The first-order valence-corrected chi connectivity index (χ1v) is 13.0. The fourth-order valence-corrected chi connectivity index (χ4v) is 5.15. The van der Waals surface area contributed by atoms with E-state index in [-0.39, 0.29) is 23.0 Å². The van der Waals surface area contributed by atoms with Crippen LogP contribution >= 0.6 is 0 Å². The molecule has 3 aromatic carbocycles. The van der Waals surface area contributed by atoms with E-state index in [2.05, 4.69) is 5.32 Å². The number of nitrogens with zero attached hydrogens (tertiary/aromatic N) is 2. The van der Waals surface area contributed by atoms with Gasteiger partial charge in [-0.2, -0.15) is 0 Å². The minimum absolute atomic E-state index is 0.0414. The molecule has 0 saturated heterocycles. The summed E-state index contributed by atoms with van der Waals surface area (Å²) in [7, 11) is 0.440. The maximum atomic E-state index is 13.7. The summed E-state index contributed by atoms with van der Waals surface area (Å²) in [6.45, 7) is 1.18. The molecule has 3 rings (SSSR count). The number of methoxy groups -OCH3 is 2. The van der Waals surface area contributed by atoms with Gasteiger partial charge in [-0.1, -0.05) is 30.3 Å². The van der Waals surface area contributed by atoms with Crippen LogP contribution in [0.15, 0.2) is 83.8 Å². The van der Waals surface area contributed by atoms with Gasteiger partial charge in [0.1, 0.15) is 24.1 Å². The Morgan fingerprint density at radius 1 is 0.865 bits per heavy atom. The van der Waals surface area contributed by atoms with Gasteiger partial charge in [-0.05, 0) is 61.0 Å². The second-order valence-electron chi connectivity index (χ2n) is 8.18. The Labute approximate surface area is 217 Å². The molecule has 0 radical (unpaired) electrons. The molecule has 9 nitrogen and oxygen atoms in total. The fraction of sp³-hybridized carbons (Fsp3) is 0.259. The molecule has 1 atom stereocenters. The van der Waals surface area contributed by atoms with Crippen LogP contribution in [0, 0.1) is 0 Å². The van der Waals surface area contributed by atoms with Crippen molar-refractivity contribution in [3.63, 3.8) is 0 Å². The average Bonchev–Trinajstić information content (AvgIpc) is 2.94. The highest BCUT2D eigenvalue weighted by Crippen LogP contribution is 2.26. The fourth-order valence-electron chi connectivity index (χ4n) is 3.72. The standard InChI is InChI=1S/C27H31N3O6S/c1-20(27(32)28-2)29(18-21-10-14-23(35-3)15-11-21)26(31)19-30(22-12-16-24(36-4)17-13-22)37(33,34)25-8-6-5-7-9-25/h5-17,20H,18-19H2,1-4H3,(H,28,32). The maximum absolute atomic E-state index is 13.7. The number of sulfonamides is 1. The van der Waals surface area contributed by atoms with Crippen LogP contribution in [0.3, 0.4) is 0 Å². The molecule has 0 heterocycles. The molecule has 10 heteroatoms. The minimum atomic E-state index is -4.11. The number of rotatable bonds is 11. The Bertz CT molecular complexity index is 1300. The smallest absolute Gasteiger partial charge is 0.264 e. The average molecular weight is 526 g/mol. The van der Waals surface area contributed by atoms with Gasteiger partial charge in [0, 0.05) is 13.6 Å². The van der Waals surface area contributed by atoms with Crippen LogP contribution in [0.2, 0.25) is 0 Å². The number of hydrogen-bond acceptors (Lipinski definition) is 6. The first-order valence-electron chi connectivity index (χ1n) is 11.6. The predicted molar refractivity (Wildman–Crippen MR) is 141 cm³/mol. The van der Waals surface area contributed by atoms with Crippen LogP contribution in [-0.2, 0) is 26.2 Å². The van der Waals surface area contributed by atoms with Crippen molar-refractivity contribution in [3.05, 3.63) is 84.4 Å². The van der Waals surface area contributed by atoms with Crippen LogP contribution in [0.1, 0.15) is 12.5 Å². The van der Waals surface area contributed by atoms with Crippen molar-refractivity contribution in [1.29, 1.82) is 0 Å². The molecule has 0 fully saturated rings. The third kappa shape index (κ3) is 6.59. The number of likely N-dealkylation sites (N-methyl/N-ethyl adjacent to an activating group) is 1. The van der Waals surface area contributed by atoms with E-state index in [1.807, 2.05) is 0 Å². The molecule has 1 N–H and O–H groups in total. The quantitative estimate of drug-likeness (QED) is 0.413. The molecular formula is C27H31N3O6S. The van der Waals surface area contributed by atoms with Gasteiger partial charge in [0.15, 0.2) is 0 Å². The lowest BCUT2D eigenvalue weighted by molar-refractivity contribution is -0.139. The van der Waals surface area contributed by atoms with Crippen molar-refractivity contribution < 1.29 is 27.5 Å². The Hall–Kier alpha value is -4.05. The van der Waals surface area contributed by atoms with Crippen LogP contribution in [0.5, 0.6) is 11.5 Å². The number of nitrogens with one attached hydrogen (secondary N) is 1. The summed E-state index contributed by atoms with van der Waals surface area (Å²) in [5.74, 6) is 0.285. The van der Waals surface area contributed by atoms with Crippen molar-refractivity contribution in [2.45, 2.75) is 24.4 Å². The normalized spacial score (nSPS) is 11.8. The number of carbonyl (C=O) groups is 2. The summed E-state index contributed by atoms with van der Waals surface area (Å²) >= 11 is 0. The van der Waals surface area contributed by atoms with E-state index in [1.54, 1.807) is 80.8 Å². The Morgan fingerprint density at radius 2 is 1.41 bits per heavy atom. The van der Waals surface area contributed by atoms with Gasteiger partial charge < -0.3 is 19.7 Å². The van der Waals surface area contributed by atoms with E-state index >= 15 is 0 Å². The lowest BCUT2D eigenvalue weighted by atomic mass is 10.1. The zero-order valence-corrected chi connectivity index (χ0v) is 22.1. The number of benzene rings is 3. The molecule has 0 saturated carbocycles.